The molecule has 1 aromatic heterocycles. The number of anilines is 1. The minimum atomic E-state index is -0.254. The fourth-order valence-corrected chi connectivity index (χ4v) is 5.96. The summed E-state index contributed by atoms with van der Waals surface area (Å²) in [5.41, 5.74) is 9.96. The van der Waals surface area contributed by atoms with Crippen LogP contribution in [0.15, 0.2) is 36.5 Å². The smallest absolute Gasteiger partial charge is 0.255 e. The highest BCUT2D eigenvalue weighted by Gasteiger charge is 2.53. The molecule has 33 heavy (non-hydrogen) atoms. The average molecular weight is 445 g/mol. The third-order valence-corrected chi connectivity index (χ3v) is 8.01. The van der Waals surface area contributed by atoms with Gasteiger partial charge >= 0.3 is 0 Å². The lowest BCUT2D eigenvalue weighted by Crippen LogP contribution is -2.43. The molecule has 5 rings (SSSR count). The van der Waals surface area contributed by atoms with Crippen LogP contribution in [0, 0.1) is 18.3 Å². The molecule has 2 heterocycles. The molecule has 172 valence electrons. The van der Waals surface area contributed by atoms with Gasteiger partial charge in [0.05, 0.1) is 18.2 Å². The standard InChI is InChI=1S/C27H32N4O2/c1-2-13-31-16-21-11-12-27(21,17-31)20-5-3-18(4-6-20)19-14-24(25(28)29-15-19)26(33)30-22-7-9-23(32)10-8-22/h1,3-6,14-15,21-23,32H,7-13,16-17H2,(H2,28,29)(H,30,33)/t21-,22?,23?,27+/m1/s1. The van der Waals surface area contributed by atoms with Crippen molar-refractivity contribution in [3.8, 4) is 23.5 Å². The van der Waals surface area contributed by atoms with Crippen molar-refractivity contribution in [2.75, 3.05) is 25.4 Å². The Bertz CT molecular complexity index is 1070. The van der Waals surface area contributed by atoms with E-state index in [-0.39, 0.29) is 29.3 Å². The first kappa shape index (κ1) is 21.9. The zero-order chi connectivity index (χ0) is 23.0. The number of aliphatic hydroxyl groups is 1. The molecule has 2 saturated carbocycles. The van der Waals surface area contributed by atoms with Crippen molar-refractivity contribution in [2.24, 2.45) is 5.92 Å². The third-order valence-electron chi connectivity index (χ3n) is 8.01. The van der Waals surface area contributed by atoms with Crippen molar-refractivity contribution in [2.45, 2.75) is 56.1 Å². The van der Waals surface area contributed by atoms with E-state index in [9.17, 15) is 9.90 Å². The van der Waals surface area contributed by atoms with Crippen LogP contribution in [0.25, 0.3) is 11.1 Å². The second-order valence-electron chi connectivity index (χ2n) is 9.98. The molecule has 6 heteroatoms. The normalized spacial score (nSPS) is 29.0. The fourth-order valence-electron chi connectivity index (χ4n) is 5.96. The Hall–Kier alpha value is -2.88. The predicted octanol–water partition coefficient (Wildman–Crippen LogP) is 2.96. The molecular formula is C27H32N4O2. The number of carbonyl (C=O) groups is 1. The summed E-state index contributed by atoms with van der Waals surface area (Å²) in [7, 11) is 0. The van der Waals surface area contributed by atoms with Gasteiger partial charge in [0.15, 0.2) is 0 Å². The minimum Gasteiger partial charge on any atom is -0.393 e. The summed E-state index contributed by atoms with van der Waals surface area (Å²) in [4.78, 5) is 19.6. The van der Waals surface area contributed by atoms with E-state index in [0.717, 1.165) is 43.6 Å². The molecule has 1 amide bonds. The summed E-state index contributed by atoms with van der Waals surface area (Å²) in [5.74, 6) is 3.51. The Morgan fingerprint density at radius 2 is 1.97 bits per heavy atom. The zero-order valence-corrected chi connectivity index (χ0v) is 19.0. The molecule has 3 aliphatic rings. The number of amides is 1. The van der Waals surface area contributed by atoms with Crippen LogP contribution in [0.5, 0.6) is 0 Å². The van der Waals surface area contributed by atoms with Crippen molar-refractivity contribution in [3.63, 3.8) is 0 Å². The van der Waals surface area contributed by atoms with E-state index in [2.05, 4.69) is 45.4 Å². The van der Waals surface area contributed by atoms with Crippen molar-refractivity contribution >= 4 is 11.7 Å². The molecule has 2 atom stereocenters. The molecule has 2 aliphatic carbocycles. The topological polar surface area (TPSA) is 91.5 Å². The van der Waals surface area contributed by atoms with Gasteiger partial charge in [0.25, 0.3) is 5.91 Å². The average Bonchev–Trinajstić information content (AvgIpc) is 3.06. The van der Waals surface area contributed by atoms with Crippen LogP contribution in [0.4, 0.5) is 5.82 Å². The van der Waals surface area contributed by atoms with Gasteiger partial charge in [-0.2, -0.15) is 0 Å². The van der Waals surface area contributed by atoms with Gasteiger partial charge in [0.2, 0.25) is 0 Å². The number of aromatic nitrogens is 1. The van der Waals surface area contributed by atoms with Crippen LogP contribution in [-0.2, 0) is 5.41 Å². The summed E-state index contributed by atoms with van der Waals surface area (Å²) in [6.45, 7) is 2.85. The van der Waals surface area contributed by atoms with Crippen LogP contribution in [0.3, 0.4) is 0 Å². The number of pyridine rings is 1. The highest BCUT2D eigenvalue weighted by Crippen LogP contribution is 2.53. The first-order chi connectivity index (χ1) is 16.0. The van der Waals surface area contributed by atoms with Crippen molar-refractivity contribution < 1.29 is 9.90 Å². The number of carbonyl (C=O) groups excluding carboxylic acids is 1. The molecule has 6 nitrogen and oxygen atoms in total. The van der Waals surface area contributed by atoms with Crippen LogP contribution in [0.2, 0.25) is 0 Å². The number of nitrogens with zero attached hydrogens (tertiary/aromatic N) is 2. The van der Waals surface area contributed by atoms with Gasteiger partial charge in [-0.1, -0.05) is 30.2 Å². The Balaban J connectivity index is 1.32. The van der Waals surface area contributed by atoms with Crippen molar-refractivity contribution in [1.29, 1.82) is 0 Å². The van der Waals surface area contributed by atoms with Gasteiger partial charge < -0.3 is 16.2 Å². The van der Waals surface area contributed by atoms with Gasteiger partial charge in [0.1, 0.15) is 5.82 Å². The van der Waals surface area contributed by atoms with E-state index in [0.29, 0.717) is 24.3 Å². The Labute approximate surface area is 195 Å². The van der Waals surface area contributed by atoms with Crippen LogP contribution >= 0.6 is 0 Å². The van der Waals surface area contributed by atoms with Gasteiger partial charge in [-0.05, 0) is 61.6 Å². The second kappa shape index (κ2) is 8.81. The van der Waals surface area contributed by atoms with E-state index < -0.39 is 0 Å². The maximum Gasteiger partial charge on any atom is 0.255 e. The highest BCUT2D eigenvalue weighted by molar-refractivity contribution is 5.99. The van der Waals surface area contributed by atoms with Gasteiger partial charge in [-0.3, -0.25) is 9.69 Å². The van der Waals surface area contributed by atoms with Crippen LogP contribution in [0.1, 0.15) is 54.4 Å². The first-order valence-corrected chi connectivity index (χ1v) is 12.0. The van der Waals surface area contributed by atoms with E-state index in [1.807, 2.05) is 6.07 Å². The number of nitrogen functional groups attached to an aromatic ring is 1. The summed E-state index contributed by atoms with van der Waals surface area (Å²) in [6.07, 6.45) is 12.5. The quantitative estimate of drug-likeness (QED) is 0.617. The molecular weight excluding hydrogens is 412 g/mol. The van der Waals surface area contributed by atoms with Gasteiger partial charge in [-0.15, -0.1) is 6.42 Å². The molecule has 4 N–H and O–H groups in total. The van der Waals surface area contributed by atoms with Gasteiger partial charge in [-0.25, -0.2) is 4.98 Å². The monoisotopic (exact) mass is 444 g/mol. The van der Waals surface area contributed by atoms with E-state index >= 15 is 0 Å². The number of hydrogen-bond acceptors (Lipinski definition) is 5. The molecule has 0 spiro atoms. The minimum absolute atomic E-state index is 0.0679. The van der Waals surface area contributed by atoms with E-state index in [4.69, 9.17) is 12.2 Å². The van der Waals surface area contributed by atoms with Crippen LogP contribution < -0.4 is 11.1 Å². The molecule has 1 aromatic carbocycles. The molecule has 3 fully saturated rings. The Morgan fingerprint density at radius 1 is 1.21 bits per heavy atom. The number of terminal acetylenes is 1. The lowest BCUT2D eigenvalue weighted by atomic mass is 9.58. The highest BCUT2D eigenvalue weighted by atomic mass is 16.3. The largest absolute Gasteiger partial charge is 0.393 e. The summed E-state index contributed by atoms with van der Waals surface area (Å²) in [5, 5.41) is 12.8. The number of nitrogens with two attached hydrogens (primary N) is 1. The van der Waals surface area contributed by atoms with Crippen molar-refractivity contribution in [1.82, 2.24) is 15.2 Å². The van der Waals surface area contributed by atoms with Crippen molar-refractivity contribution in [3.05, 3.63) is 47.7 Å². The van der Waals surface area contributed by atoms with Crippen LogP contribution in [-0.4, -0.2) is 52.7 Å². The number of aliphatic hydroxyl groups excluding tert-OH is 1. The summed E-state index contributed by atoms with van der Waals surface area (Å²) < 4.78 is 0. The third kappa shape index (κ3) is 4.12. The van der Waals surface area contributed by atoms with E-state index in [1.54, 1.807) is 6.20 Å². The number of likely N-dealkylation sites (tertiary alicyclic amines) is 1. The molecule has 2 aromatic rings. The van der Waals surface area contributed by atoms with Gasteiger partial charge in [0, 0.05) is 36.3 Å². The maximum absolute atomic E-state index is 12.9. The maximum atomic E-state index is 12.9. The zero-order valence-electron chi connectivity index (χ0n) is 19.0. The Morgan fingerprint density at radius 3 is 2.64 bits per heavy atom. The SMILES string of the molecule is C#CCN1C[C@H]2CC[C@@]2(c2ccc(-c3cnc(N)c(C(=O)NC4CCC(O)CC4)c3)cc2)C1. The number of rotatable bonds is 5. The molecule has 0 radical (unpaired) electrons. The molecule has 0 bridgehead atoms. The number of fused-ring (bicyclic) bond motifs is 1. The lowest BCUT2D eigenvalue weighted by molar-refractivity contribution is 0.0868. The number of benzene rings is 1. The Kier molecular flexibility index (Phi) is 5.86. The van der Waals surface area contributed by atoms with E-state index in [1.165, 1.54) is 18.4 Å². The summed E-state index contributed by atoms with van der Waals surface area (Å²) >= 11 is 0. The molecule has 1 aliphatic heterocycles. The lowest BCUT2D eigenvalue weighted by Gasteiger charge is -2.45. The molecule has 1 saturated heterocycles. The second-order valence-corrected chi connectivity index (χ2v) is 9.98. The summed E-state index contributed by atoms with van der Waals surface area (Å²) in [6, 6.07) is 10.6. The molecule has 0 unspecified atom stereocenters. The first-order valence-electron chi connectivity index (χ1n) is 12.0. The number of hydrogen-bond donors (Lipinski definition) is 3. The predicted molar refractivity (Wildman–Crippen MR) is 129 cm³/mol. The number of nitrogens with one attached hydrogen (secondary N) is 1. The fraction of sp³-hybridized carbons (Fsp3) is 0.481.